The zero-order valence-electron chi connectivity index (χ0n) is 41.3. The summed E-state index contributed by atoms with van der Waals surface area (Å²) in [6.07, 6.45) is 4.15. The van der Waals surface area contributed by atoms with E-state index in [0.29, 0.717) is 113 Å². The molecule has 2 unspecified atom stereocenters. The predicted octanol–water partition coefficient (Wildman–Crippen LogP) is 9.74. The van der Waals surface area contributed by atoms with E-state index in [1.165, 1.54) is 48.5 Å². The molecule has 0 aromatic heterocycles. The highest BCUT2D eigenvalue weighted by Crippen LogP contribution is 2.48. The number of carbonyl (C=O) groups is 4. The Morgan fingerprint density at radius 2 is 0.806 bits per heavy atom. The second-order valence-corrected chi connectivity index (χ2v) is 20.0. The second-order valence-electron chi connectivity index (χ2n) is 20.0. The van der Waals surface area contributed by atoms with Gasteiger partial charge in [0.2, 0.25) is 0 Å². The molecule has 2 atom stereocenters. The van der Waals surface area contributed by atoms with Gasteiger partial charge in [0, 0.05) is 71.4 Å². The Hall–Kier alpha value is -6.26. The van der Waals surface area contributed by atoms with Gasteiger partial charge in [-0.25, -0.2) is 36.7 Å². The van der Waals surface area contributed by atoms with Gasteiger partial charge in [-0.05, 0) is 141 Å². The molecule has 0 bridgehead atoms. The Morgan fingerprint density at radius 1 is 0.528 bits per heavy atom. The summed E-state index contributed by atoms with van der Waals surface area (Å²) in [5, 5.41) is 0. The Bertz CT molecular complexity index is 2260. The first-order valence-electron chi connectivity index (χ1n) is 25.1. The highest BCUT2D eigenvalue weighted by atomic mass is 19.1. The van der Waals surface area contributed by atoms with Gasteiger partial charge >= 0.3 is 24.1 Å². The van der Waals surface area contributed by atoms with E-state index in [-0.39, 0.29) is 36.5 Å². The zero-order valence-corrected chi connectivity index (χ0v) is 41.3. The number of benzene rings is 4. The highest BCUT2D eigenvalue weighted by molar-refractivity contribution is 5.92. The molecule has 12 nitrogen and oxygen atoms in total. The monoisotopic (exact) mass is 996 g/mol. The number of rotatable bonds is 18. The molecule has 8 rings (SSSR count). The standard InChI is InChI=1S/C56H64F4N4O8/c1-37(2)63-35-49(69-53(63)67)27-33-61-29-23-43(24-30-61)55(39-5-13-45(57)14-6-39,40-7-15-46(58)16-8-40)71-51(65)21-22-52(66)72-56(41-9-17-47(59)18-10-41,42-11-19-48(60)20-12-42)44-25-31-62(32-26-44)34-28-50-36-64(38(3)4)54(68)70-50/h5-22,37-38,43-44,49-50H,23-36H2,1-4H3/b22-21+. The predicted molar refractivity (Wildman–Crippen MR) is 260 cm³/mol. The fraction of sp³-hybridized carbons (Fsp3) is 0.464. The number of hydrogen-bond donors (Lipinski definition) is 0. The van der Waals surface area contributed by atoms with Crippen molar-refractivity contribution in [2.24, 2.45) is 11.8 Å². The summed E-state index contributed by atoms with van der Waals surface area (Å²) in [4.78, 5) is 61.5. The maximum atomic E-state index is 14.6. The van der Waals surface area contributed by atoms with Crippen LogP contribution in [-0.2, 0) is 39.7 Å². The topological polar surface area (TPSA) is 118 Å². The third-order valence-electron chi connectivity index (χ3n) is 14.9. The van der Waals surface area contributed by atoms with E-state index >= 15 is 0 Å². The second kappa shape index (κ2) is 22.7. The first-order chi connectivity index (χ1) is 34.5. The number of carbonyl (C=O) groups excluding carboxylic acids is 4. The lowest BCUT2D eigenvalue weighted by Gasteiger charge is -2.45. The van der Waals surface area contributed by atoms with Gasteiger partial charge < -0.3 is 38.5 Å². The Labute approximate surface area is 418 Å². The number of esters is 2. The maximum Gasteiger partial charge on any atom is 0.410 e. The Kier molecular flexibility index (Phi) is 16.4. The number of cyclic esters (lactones) is 2. The summed E-state index contributed by atoms with van der Waals surface area (Å²) >= 11 is 0. The van der Waals surface area contributed by atoms with E-state index in [4.69, 9.17) is 18.9 Å². The van der Waals surface area contributed by atoms with Gasteiger partial charge in [0.15, 0.2) is 11.2 Å². The van der Waals surface area contributed by atoms with Gasteiger partial charge in [-0.15, -0.1) is 0 Å². The minimum absolute atomic E-state index is 0.0268. The molecule has 4 fully saturated rings. The molecule has 2 amide bonds. The first-order valence-corrected chi connectivity index (χ1v) is 25.1. The third kappa shape index (κ3) is 11.7. The van der Waals surface area contributed by atoms with E-state index in [0.717, 1.165) is 12.2 Å². The van der Waals surface area contributed by atoms with Crippen LogP contribution in [0.5, 0.6) is 0 Å². The summed E-state index contributed by atoms with van der Waals surface area (Å²) in [7, 11) is 0. The SMILES string of the molecule is CC(C)N1CC(CCN2CCC(C(OC(=O)/C=C/C(=O)OC(c3ccc(F)cc3)(c3ccc(F)cc3)C3CCN(CCC4CN(C(C)C)C(=O)O4)CC3)(c3ccc(F)cc3)c3ccc(F)cc3)CC2)OC1=O. The van der Waals surface area contributed by atoms with E-state index in [2.05, 4.69) is 9.80 Å². The number of piperidine rings is 2. The van der Waals surface area contributed by atoms with E-state index in [1.54, 1.807) is 58.3 Å². The molecule has 384 valence electrons. The van der Waals surface area contributed by atoms with Crippen molar-refractivity contribution in [3.05, 3.63) is 155 Å². The lowest BCUT2D eigenvalue weighted by atomic mass is 9.71. The van der Waals surface area contributed by atoms with Crippen molar-refractivity contribution in [3.8, 4) is 0 Å². The molecule has 0 saturated carbocycles. The lowest BCUT2D eigenvalue weighted by molar-refractivity contribution is -0.161. The molecular formula is C56H64F4N4O8. The van der Waals surface area contributed by atoms with Gasteiger partial charge in [0.1, 0.15) is 35.5 Å². The van der Waals surface area contributed by atoms with Gasteiger partial charge in [-0.3, -0.25) is 0 Å². The number of ether oxygens (including phenoxy) is 4. The van der Waals surface area contributed by atoms with Crippen molar-refractivity contribution < 1.29 is 55.7 Å². The fourth-order valence-corrected chi connectivity index (χ4v) is 11.0. The van der Waals surface area contributed by atoms with E-state index < -0.39 is 58.2 Å². The van der Waals surface area contributed by atoms with Crippen LogP contribution in [0.3, 0.4) is 0 Å². The van der Waals surface area contributed by atoms with Crippen LogP contribution >= 0.6 is 0 Å². The van der Waals surface area contributed by atoms with Crippen LogP contribution in [0.25, 0.3) is 0 Å². The van der Waals surface area contributed by atoms with Crippen molar-refractivity contribution in [1.29, 1.82) is 0 Å². The Morgan fingerprint density at radius 3 is 1.06 bits per heavy atom. The van der Waals surface area contributed by atoms with Crippen LogP contribution in [0.2, 0.25) is 0 Å². The maximum absolute atomic E-state index is 14.6. The Balaban J connectivity index is 1.04. The summed E-state index contributed by atoms with van der Waals surface area (Å²) < 4.78 is 82.8. The van der Waals surface area contributed by atoms with Crippen molar-refractivity contribution in [2.75, 3.05) is 52.4 Å². The lowest BCUT2D eigenvalue weighted by Crippen LogP contribution is -2.47. The largest absolute Gasteiger partial charge is 0.446 e. The number of likely N-dealkylation sites (tertiary alicyclic amines) is 2. The van der Waals surface area contributed by atoms with Crippen LogP contribution in [0.4, 0.5) is 27.2 Å². The molecule has 16 heteroatoms. The average Bonchev–Trinajstić information content (AvgIpc) is 3.95. The zero-order chi connectivity index (χ0) is 51.2. The van der Waals surface area contributed by atoms with Crippen LogP contribution < -0.4 is 0 Å². The summed E-state index contributed by atoms with van der Waals surface area (Å²) in [6, 6.07) is 22.6. The van der Waals surface area contributed by atoms with Crippen LogP contribution in [-0.4, -0.2) is 120 Å². The molecule has 4 aromatic carbocycles. The van der Waals surface area contributed by atoms with E-state index in [9.17, 15) is 36.7 Å². The highest BCUT2D eigenvalue weighted by Gasteiger charge is 2.49. The molecule has 72 heavy (non-hydrogen) atoms. The molecule has 4 aromatic rings. The van der Waals surface area contributed by atoms with Crippen molar-refractivity contribution in [3.63, 3.8) is 0 Å². The van der Waals surface area contributed by atoms with Gasteiger partial charge in [0.25, 0.3) is 0 Å². The molecule has 0 radical (unpaired) electrons. The number of nitrogens with zero attached hydrogens (tertiary/aromatic N) is 4. The van der Waals surface area contributed by atoms with Crippen LogP contribution in [0.1, 0.15) is 88.5 Å². The fourth-order valence-electron chi connectivity index (χ4n) is 11.0. The molecule has 4 saturated heterocycles. The summed E-state index contributed by atoms with van der Waals surface area (Å²) in [5.41, 5.74) is -1.33. The summed E-state index contributed by atoms with van der Waals surface area (Å²) in [5.74, 6) is -4.67. The average molecular weight is 997 g/mol. The number of halogens is 4. The van der Waals surface area contributed by atoms with Crippen LogP contribution in [0, 0.1) is 35.1 Å². The molecule has 0 aliphatic carbocycles. The number of amides is 2. The molecular weight excluding hydrogens is 933 g/mol. The molecule has 4 aliphatic heterocycles. The summed E-state index contributed by atoms with van der Waals surface area (Å²) in [6.45, 7) is 12.5. The normalized spacial score (nSPS) is 19.9. The molecule has 0 N–H and O–H groups in total. The molecule has 0 spiro atoms. The van der Waals surface area contributed by atoms with Crippen LogP contribution in [0.15, 0.2) is 109 Å². The van der Waals surface area contributed by atoms with Crippen molar-refractivity contribution in [2.45, 2.75) is 102 Å². The van der Waals surface area contributed by atoms with Gasteiger partial charge in [-0.2, -0.15) is 0 Å². The van der Waals surface area contributed by atoms with Gasteiger partial charge in [0.05, 0.1) is 13.1 Å². The smallest absolute Gasteiger partial charge is 0.410 e. The molecule has 4 heterocycles. The first kappa shape index (κ1) is 52.1. The third-order valence-corrected chi connectivity index (χ3v) is 14.9. The number of hydrogen-bond acceptors (Lipinski definition) is 10. The molecule has 4 aliphatic rings. The van der Waals surface area contributed by atoms with Crippen molar-refractivity contribution >= 4 is 24.1 Å². The van der Waals surface area contributed by atoms with Crippen molar-refractivity contribution in [1.82, 2.24) is 19.6 Å². The van der Waals surface area contributed by atoms with E-state index in [1.807, 2.05) is 27.7 Å². The van der Waals surface area contributed by atoms with Gasteiger partial charge in [-0.1, -0.05) is 48.5 Å². The quantitative estimate of drug-likeness (QED) is 0.0413. The minimum atomic E-state index is -1.56. The minimum Gasteiger partial charge on any atom is -0.446 e.